The van der Waals surface area contributed by atoms with Gasteiger partial charge in [-0.25, -0.2) is 28.1 Å². The lowest BCUT2D eigenvalue weighted by Crippen LogP contribution is -2.33. The number of aromatic nitrogens is 4. The SMILES string of the molecule is COCC1OC(n2cnc3c(NCC(c4ccccc4)c4ccccc4)nc(CNS(=O)(=O)CC(C)(C)C)nc32)C(O)C1O. The Labute approximate surface area is 257 Å². The molecule has 4 unspecified atom stereocenters. The summed E-state index contributed by atoms with van der Waals surface area (Å²) < 4.78 is 40.8. The van der Waals surface area contributed by atoms with Crippen molar-refractivity contribution in [3.8, 4) is 0 Å². The van der Waals surface area contributed by atoms with Crippen molar-refractivity contribution >= 4 is 27.0 Å². The van der Waals surface area contributed by atoms with Gasteiger partial charge in [-0.15, -0.1) is 0 Å². The third-order valence-electron chi connectivity index (χ3n) is 7.36. The van der Waals surface area contributed by atoms with E-state index in [4.69, 9.17) is 9.47 Å². The van der Waals surface area contributed by atoms with Gasteiger partial charge >= 0.3 is 0 Å². The third kappa shape index (κ3) is 7.42. The predicted octanol–water partition coefficient (Wildman–Crippen LogP) is 2.80. The first-order chi connectivity index (χ1) is 21.0. The topological polar surface area (TPSA) is 161 Å². The van der Waals surface area contributed by atoms with E-state index in [2.05, 4.69) is 49.3 Å². The van der Waals surface area contributed by atoms with Gasteiger partial charge in [0.05, 0.1) is 25.2 Å². The van der Waals surface area contributed by atoms with Crippen molar-refractivity contribution in [2.45, 2.75) is 57.8 Å². The molecule has 13 heteroatoms. The van der Waals surface area contributed by atoms with Crippen LogP contribution in [0, 0.1) is 5.41 Å². The second-order valence-electron chi connectivity index (χ2n) is 12.2. The molecular weight excluding hydrogens is 584 g/mol. The van der Waals surface area contributed by atoms with Crippen LogP contribution in [0.3, 0.4) is 0 Å². The number of fused-ring (bicyclic) bond motifs is 1. The fraction of sp³-hybridized carbons (Fsp3) is 0.452. The summed E-state index contributed by atoms with van der Waals surface area (Å²) in [4.78, 5) is 13.9. The molecule has 0 amide bonds. The Hall–Kier alpha value is -3.46. The van der Waals surface area contributed by atoms with Gasteiger partial charge in [-0.2, -0.15) is 0 Å². The molecule has 1 saturated heterocycles. The molecule has 0 aliphatic carbocycles. The maximum absolute atomic E-state index is 12.8. The molecule has 5 rings (SSSR count). The zero-order valence-corrected chi connectivity index (χ0v) is 26.1. The molecule has 12 nitrogen and oxygen atoms in total. The van der Waals surface area contributed by atoms with E-state index in [1.165, 1.54) is 18.0 Å². The van der Waals surface area contributed by atoms with Gasteiger partial charge in [0.1, 0.15) is 24.1 Å². The number of nitrogens with one attached hydrogen (secondary N) is 2. The van der Waals surface area contributed by atoms with Gasteiger partial charge in [-0.1, -0.05) is 81.4 Å². The molecule has 0 saturated carbocycles. The molecule has 3 heterocycles. The van der Waals surface area contributed by atoms with Gasteiger partial charge < -0.3 is 25.0 Å². The molecule has 1 aliphatic rings. The van der Waals surface area contributed by atoms with E-state index in [0.717, 1.165) is 11.1 Å². The number of hydrogen-bond donors (Lipinski definition) is 4. The Balaban J connectivity index is 1.51. The summed E-state index contributed by atoms with van der Waals surface area (Å²) in [5.41, 5.74) is 2.50. The highest BCUT2D eigenvalue weighted by atomic mass is 32.2. The second-order valence-corrected chi connectivity index (χ2v) is 14.0. The van der Waals surface area contributed by atoms with Crippen molar-refractivity contribution in [1.82, 2.24) is 24.2 Å². The molecular formula is C31H40N6O6S. The predicted molar refractivity (Wildman–Crippen MR) is 166 cm³/mol. The summed E-state index contributed by atoms with van der Waals surface area (Å²) in [7, 11) is -2.14. The Morgan fingerprint density at radius 1 is 1.00 bits per heavy atom. The molecule has 1 fully saturated rings. The lowest BCUT2D eigenvalue weighted by molar-refractivity contribution is -0.0580. The smallest absolute Gasteiger partial charge is 0.212 e. The number of hydrogen-bond acceptors (Lipinski definition) is 10. The Kier molecular flexibility index (Phi) is 9.63. The number of rotatable bonds is 12. The zero-order valence-electron chi connectivity index (χ0n) is 25.3. The third-order valence-corrected chi connectivity index (χ3v) is 9.19. The van der Waals surface area contributed by atoms with Crippen LogP contribution in [0.1, 0.15) is 49.9 Å². The number of aliphatic hydroxyl groups excluding tert-OH is 2. The fourth-order valence-corrected chi connectivity index (χ4v) is 7.00. The fourth-order valence-electron chi connectivity index (χ4n) is 5.40. The molecule has 4 aromatic rings. The standard InChI is InChI=1S/C31H40N6O6S/c1-31(2,3)18-44(40,41)34-16-24-35-28(32-15-22(20-11-7-5-8-12-20)21-13-9-6-10-14-21)25-29(36-24)37(19-33-25)30-27(39)26(38)23(43-30)17-42-4/h5-14,19,22-23,26-27,30,34,38-39H,15-18H2,1-4H3,(H,32,35,36). The van der Waals surface area contributed by atoms with Gasteiger partial charge in [0.2, 0.25) is 10.0 Å². The van der Waals surface area contributed by atoms with Crippen LogP contribution in [0.25, 0.3) is 11.2 Å². The molecule has 2 aromatic heterocycles. The molecule has 236 valence electrons. The normalized spacial score (nSPS) is 20.9. The van der Waals surface area contributed by atoms with E-state index in [9.17, 15) is 18.6 Å². The summed E-state index contributed by atoms with van der Waals surface area (Å²) >= 11 is 0. The van der Waals surface area contributed by atoms with E-state index in [1.807, 2.05) is 57.2 Å². The van der Waals surface area contributed by atoms with Crippen LogP contribution in [0.15, 0.2) is 67.0 Å². The highest BCUT2D eigenvalue weighted by Crippen LogP contribution is 2.33. The first-order valence-corrected chi connectivity index (χ1v) is 16.2. The largest absolute Gasteiger partial charge is 0.387 e. The maximum atomic E-state index is 12.8. The zero-order chi connectivity index (χ0) is 31.5. The average Bonchev–Trinajstić information content (AvgIpc) is 3.52. The summed E-state index contributed by atoms with van der Waals surface area (Å²) in [6.07, 6.45) is -2.73. The van der Waals surface area contributed by atoms with Gasteiger partial charge in [0, 0.05) is 19.6 Å². The molecule has 0 radical (unpaired) electrons. The quantitative estimate of drug-likeness (QED) is 0.185. The van der Waals surface area contributed by atoms with E-state index in [-0.39, 0.29) is 30.6 Å². The van der Waals surface area contributed by atoms with E-state index in [0.29, 0.717) is 23.5 Å². The molecule has 2 aromatic carbocycles. The van der Waals surface area contributed by atoms with Crippen LogP contribution in [0.4, 0.5) is 5.82 Å². The summed E-state index contributed by atoms with van der Waals surface area (Å²) in [5.74, 6) is 0.513. The number of nitrogens with zero attached hydrogens (tertiary/aromatic N) is 4. The number of anilines is 1. The summed E-state index contributed by atoms with van der Waals surface area (Å²) in [5, 5.41) is 24.8. The molecule has 0 spiro atoms. The number of sulfonamides is 1. The summed E-state index contributed by atoms with van der Waals surface area (Å²) in [6, 6.07) is 20.2. The van der Waals surface area contributed by atoms with Crippen LogP contribution in [-0.2, 0) is 26.0 Å². The molecule has 1 aliphatic heterocycles. The number of imidazole rings is 1. The van der Waals surface area contributed by atoms with Crippen molar-refractivity contribution in [2.24, 2.45) is 5.41 Å². The number of methoxy groups -OCH3 is 1. The van der Waals surface area contributed by atoms with Crippen molar-refractivity contribution in [3.05, 3.63) is 83.9 Å². The van der Waals surface area contributed by atoms with Gasteiger partial charge in [0.25, 0.3) is 0 Å². The highest BCUT2D eigenvalue weighted by Gasteiger charge is 2.44. The second kappa shape index (κ2) is 13.3. The van der Waals surface area contributed by atoms with Crippen molar-refractivity contribution in [2.75, 3.05) is 31.3 Å². The van der Waals surface area contributed by atoms with E-state index >= 15 is 0 Å². The van der Waals surface area contributed by atoms with Crippen LogP contribution < -0.4 is 10.0 Å². The minimum absolute atomic E-state index is 0.0248. The van der Waals surface area contributed by atoms with Crippen LogP contribution in [-0.4, -0.2) is 82.5 Å². The van der Waals surface area contributed by atoms with Crippen molar-refractivity contribution in [3.63, 3.8) is 0 Å². The van der Waals surface area contributed by atoms with Crippen LogP contribution >= 0.6 is 0 Å². The summed E-state index contributed by atoms with van der Waals surface area (Å²) in [6.45, 7) is 5.94. The Morgan fingerprint density at radius 2 is 1.64 bits per heavy atom. The number of aliphatic hydroxyl groups is 2. The minimum atomic E-state index is -3.63. The lowest BCUT2D eigenvalue weighted by Gasteiger charge is -2.20. The first-order valence-electron chi connectivity index (χ1n) is 14.5. The monoisotopic (exact) mass is 624 g/mol. The van der Waals surface area contributed by atoms with E-state index < -0.39 is 40.0 Å². The van der Waals surface area contributed by atoms with Crippen LogP contribution in [0.5, 0.6) is 0 Å². The van der Waals surface area contributed by atoms with Crippen LogP contribution in [0.2, 0.25) is 0 Å². The van der Waals surface area contributed by atoms with E-state index in [1.54, 1.807) is 0 Å². The highest BCUT2D eigenvalue weighted by molar-refractivity contribution is 7.89. The van der Waals surface area contributed by atoms with Gasteiger partial charge in [-0.3, -0.25) is 4.57 Å². The molecule has 44 heavy (non-hydrogen) atoms. The minimum Gasteiger partial charge on any atom is -0.387 e. The van der Waals surface area contributed by atoms with Crippen molar-refractivity contribution < 1.29 is 28.1 Å². The van der Waals surface area contributed by atoms with Gasteiger partial charge in [-0.05, 0) is 16.5 Å². The Morgan fingerprint density at radius 3 is 2.23 bits per heavy atom. The number of benzene rings is 2. The Bertz CT molecular complexity index is 1610. The first kappa shape index (κ1) is 31.9. The van der Waals surface area contributed by atoms with Gasteiger partial charge in [0.15, 0.2) is 23.2 Å². The molecule has 4 N–H and O–H groups in total. The molecule has 0 bridgehead atoms. The van der Waals surface area contributed by atoms with Crippen molar-refractivity contribution in [1.29, 1.82) is 0 Å². The average molecular weight is 625 g/mol. The maximum Gasteiger partial charge on any atom is 0.212 e. The molecule has 4 atom stereocenters. The number of ether oxygens (including phenoxy) is 2. The lowest BCUT2D eigenvalue weighted by atomic mass is 9.91.